The third-order valence-corrected chi connectivity index (χ3v) is 19.0. The van der Waals surface area contributed by atoms with E-state index in [1.165, 1.54) is 71.8 Å². The fourth-order valence-corrected chi connectivity index (χ4v) is 15.6. The summed E-state index contributed by atoms with van der Waals surface area (Å²) >= 11 is 0. The summed E-state index contributed by atoms with van der Waals surface area (Å²) in [6.07, 6.45) is 0. The van der Waals surface area contributed by atoms with Crippen molar-refractivity contribution >= 4 is 103 Å². The molecule has 13 aromatic carbocycles. The summed E-state index contributed by atoms with van der Waals surface area (Å²) in [6, 6.07) is 106. The second kappa shape index (κ2) is 17.9. The molecule has 0 amide bonds. The van der Waals surface area contributed by atoms with Crippen LogP contribution in [0, 0.1) is 0 Å². The molecule has 6 aliphatic rings. The van der Waals surface area contributed by atoms with E-state index in [4.69, 9.17) is 9.47 Å². The fraction of sp³-hybridized carbons (Fsp3) is 0. The molecule has 0 unspecified atom stereocenters. The zero-order valence-electron chi connectivity index (χ0n) is 46.1. The average Bonchev–Trinajstić information content (AvgIpc) is 1.41. The first-order chi connectivity index (χ1) is 42.2. The van der Waals surface area contributed by atoms with Gasteiger partial charge in [-0.3, -0.25) is 0 Å². The molecule has 0 aliphatic carbocycles. The molecule has 0 radical (unpaired) electrons. The van der Waals surface area contributed by atoms with Gasteiger partial charge in [0.1, 0.15) is 23.0 Å². The first kappa shape index (κ1) is 46.8. The molecule has 0 saturated heterocycles. The Morgan fingerprint density at radius 2 is 0.529 bits per heavy atom. The Kier molecular flexibility index (Phi) is 9.85. The van der Waals surface area contributed by atoms with Crippen LogP contribution in [0.15, 0.2) is 285 Å². The molecule has 0 saturated carbocycles. The lowest BCUT2D eigenvalue weighted by atomic mass is 9.31. The molecule has 4 nitrogen and oxygen atoms in total. The highest BCUT2D eigenvalue weighted by Crippen LogP contribution is 2.50. The van der Waals surface area contributed by atoms with Crippen LogP contribution in [0.1, 0.15) is 0 Å². The summed E-state index contributed by atoms with van der Waals surface area (Å²) in [4.78, 5) is 5.15. The molecule has 0 spiro atoms. The van der Waals surface area contributed by atoms with Crippen molar-refractivity contribution in [2.45, 2.75) is 0 Å². The van der Waals surface area contributed by atoms with Gasteiger partial charge in [0.15, 0.2) is 0 Å². The van der Waals surface area contributed by atoms with Gasteiger partial charge in [0.05, 0.1) is 11.4 Å². The van der Waals surface area contributed by atoms with Crippen LogP contribution in [0.5, 0.6) is 23.0 Å². The summed E-state index contributed by atoms with van der Waals surface area (Å²) in [7, 11) is 0. The van der Waals surface area contributed by atoms with E-state index in [0.717, 1.165) is 101 Å². The Morgan fingerprint density at radius 3 is 0.976 bits per heavy atom. The highest BCUT2D eigenvalue weighted by atomic mass is 16.5. The van der Waals surface area contributed by atoms with Gasteiger partial charge in [0.2, 0.25) is 0 Å². The molecular formula is C78H47B3N2O2. The fourth-order valence-electron chi connectivity index (χ4n) is 15.6. The van der Waals surface area contributed by atoms with Crippen molar-refractivity contribution in [1.29, 1.82) is 0 Å². The third-order valence-electron chi connectivity index (χ3n) is 19.0. The number of para-hydroxylation sites is 2. The largest absolute Gasteiger partial charge is 0.458 e. The highest BCUT2D eigenvalue weighted by molar-refractivity contribution is 7.02. The maximum Gasteiger partial charge on any atom is 0.252 e. The molecule has 7 heteroatoms. The zero-order valence-corrected chi connectivity index (χ0v) is 46.1. The number of nitrogens with zero attached hydrogens (tertiary/aromatic N) is 2. The molecule has 0 aromatic heterocycles. The van der Waals surface area contributed by atoms with E-state index in [1.807, 2.05) is 0 Å². The zero-order chi connectivity index (χ0) is 55.4. The normalized spacial score (nSPS) is 13.5. The van der Waals surface area contributed by atoms with Gasteiger partial charge in [0.25, 0.3) is 20.1 Å². The molecule has 13 aromatic rings. The summed E-state index contributed by atoms with van der Waals surface area (Å²) in [5.41, 5.74) is 31.9. The number of benzene rings is 13. The monoisotopic (exact) mass is 1080 g/mol. The van der Waals surface area contributed by atoms with Crippen LogP contribution in [0.4, 0.5) is 34.1 Å². The van der Waals surface area contributed by atoms with Gasteiger partial charge in [-0.2, -0.15) is 0 Å². The maximum absolute atomic E-state index is 7.48. The van der Waals surface area contributed by atoms with Crippen LogP contribution < -0.4 is 68.4 Å². The SMILES string of the molecule is c1ccc(-c2ccccc2N2c3cc4c(cc3B3c5cc6c(cc5N(c5ccccc5-c5ccccc5)c5cccc2c53)B2c3ccccc3-c3ccccc3-c3cccc(c32)O6)Oc2cccc3c2B4c2ccccc2-c2ccccc2-3)cc1. The lowest BCUT2D eigenvalue weighted by molar-refractivity contribution is 0.488. The molecule has 0 atom stereocenters. The standard InChI is InChI=1S/C78H47B3N2O2/c1-3-22-48(23-4-1)50-26-13-17-38-66(50)82-68-40-21-41-69-78(68)81(62-46-74-64(44-70(62)82)79-60-36-15-11-32-56(60)52-28-7-9-30-54(52)58-34-19-42-72(84-74)76(58)79)63-47-75-65(45-71(63)83(69)67-39-18-14-27-51(67)49-24-5-2-6-25-49)80-61-37-16-12-33-57(61)53-29-8-10-31-55(53)59-35-20-43-73(85-75)77(59)80/h1-47H. The number of ether oxygens (including phenoxy) is 2. The maximum atomic E-state index is 7.48. The number of rotatable bonds is 4. The summed E-state index contributed by atoms with van der Waals surface area (Å²) < 4.78 is 15.0. The lowest BCUT2D eigenvalue weighted by Crippen LogP contribution is -2.63. The van der Waals surface area contributed by atoms with Crippen LogP contribution in [-0.2, 0) is 0 Å². The van der Waals surface area contributed by atoms with Gasteiger partial charge in [-0.25, -0.2) is 0 Å². The van der Waals surface area contributed by atoms with E-state index < -0.39 is 0 Å². The predicted octanol–water partition coefficient (Wildman–Crippen LogP) is 13.6. The van der Waals surface area contributed by atoms with Gasteiger partial charge in [0, 0.05) is 33.9 Å². The third kappa shape index (κ3) is 6.61. The van der Waals surface area contributed by atoms with Crippen LogP contribution in [-0.4, -0.2) is 20.1 Å². The summed E-state index contributed by atoms with van der Waals surface area (Å²) in [6.45, 7) is -0.494. The Bertz CT molecular complexity index is 4710. The molecule has 6 heterocycles. The Morgan fingerprint density at radius 1 is 0.200 bits per heavy atom. The Labute approximate surface area is 494 Å². The quantitative estimate of drug-likeness (QED) is 0.164. The Hall–Kier alpha value is -10.7. The molecule has 0 N–H and O–H groups in total. The molecule has 6 aliphatic heterocycles. The minimum absolute atomic E-state index is 0.120. The van der Waals surface area contributed by atoms with Crippen molar-refractivity contribution in [2.24, 2.45) is 0 Å². The van der Waals surface area contributed by atoms with Crippen LogP contribution in [0.3, 0.4) is 0 Å². The number of hydrogen-bond donors (Lipinski definition) is 0. The van der Waals surface area contributed by atoms with Gasteiger partial charge in [-0.1, -0.05) is 235 Å². The molecule has 0 fully saturated rings. The van der Waals surface area contributed by atoms with Crippen LogP contribution >= 0.6 is 0 Å². The second-order valence-corrected chi connectivity index (χ2v) is 23.2. The van der Waals surface area contributed by atoms with E-state index >= 15 is 0 Å². The minimum atomic E-state index is -0.254. The van der Waals surface area contributed by atoms with E-state index in [1.54, 1.807) is 0 Å². The van der Waals surface area contributed by atoms with Crippen molar-refractivity contribution in [3.05, 3.63) is 285 Å². The van der Waals surface area contributed by atoms with Crippen molar-refractivity contribution in [2.75, 3.05) is 9.80 Å². The van der Waals surface area contributed by atoms with E-state index in [0.29, 0.717) is 0 Å². The van der Waals surface area contributed by atoms with Crippen LogP contribution in [0.2, 0.25) is 0 Å². The highest BCUT2D eigenvalue weighted by Gasteiger charge is 2.49. The van der Waals surface area contributed by atoms with Crippen molar-refractivity contribution < 1.29 is 9.47 Å². The average molecular weight is 1080 g/mol. The topological polar surface area (TPSA) is 24.9 Å². The van der Waals surface area contributed by atoms with E-state index in [2.05, 4.69) is 295 Å². The number of anilines is 6. The van der Waals surface area contributed by atoms with E-state index in [9.17, 15) is 0 Å². The van der Waals surface area contributed by atoms with Crippen molar-refractivity contribution in [3.63, 3.8) is 0 Å². The van der Waals surface area contributed by atoms with Gasteiger partial charge < -0.3 is 19.3 Å². The van der Waals surface area contributed by atoms with Gasteiger partial charge in [-0.15, -0.1) is 0 Å². The number of fused-ring (bicyclic) bond motifs is 18. The molecular weight excluding hydrogens is 1030 g/mol. The van der Waals surface area contributed by atoms with E-state index in [-0.39, 0.29) is 20.1 Å². The molecule has 19 rings (SSSR count). The predicted molar refractivity (Wildman–Crippen MR) is 355 cm³/mol. The van der Waals surface area contributed by atoms with Crippen LogP contribution in [0.25, 0.3) is 66.8 Å². The van der Waals surface area contributed by atoms with Gasteiger partial charge >= 0.3 is 0 Å². The summed E-state index contributed by atoms with van der Waals surface area (Å²) in [5.74, 6) is 3.53. The smallest absolute Gasteiger partial charge is 0.252 e. The molecule has 85 heavy (non-hydrogen) atoms. The van der Waals surface area contributed by atoms with Crippen molar-refractivity contribution in [1.82, 2.24) is 0 Å². The first-order valence-corrected chi connectivity index (χ1v) is 29.6. The first-order valence-electron chi connectivity index (χ1n) is 29.6. The molecule has 0 bridgehead atoms. The summed E-state index contributed by atoms with van der Waals surface area (Å²) in [5, 5.41) is 0. The minimum Gasteiger partial charge on any atom is -0.458 e. The second-order valence-electron chi connectivity index (χ2n) is 23.2. The lowest BCUT2D eigenvalue weighted by Gasteiger charge is -2.46. The number of hydrogen-bond acceptors (Lipinski definition) is 4. The molecule has 390 valence electrons. The van der Waals surface area contributed by atoms with Crippen molar-refractivity contribution in [3.8, 4) is 89.8 Å². The Balaban J connectivity index is 0.922. The van der Waals surface area contributed by atoms with Gasteiger partial charge in [-0.05, 0) is 155 Å².